The fourth-order valence-electron chi connectivity index (χ4n) is 3.93. The van der Waals surface area contributed by atoms with Crippen LogP contribution in [-0.2, 0) is 10.2 Å². The predicted octanol–water partition coefficient (Wildman–Crippen LogP) is 4.04. The number of nitrogens with one attached hydrogen (secondary N) is 2. The summed E-state index contributed by atoms with van der Waals surface area (Å²) < 4.78 is 5.62. The molecule has 1 aromatic heterocycles. The van der Waals surface area contributed by atoms with Gasteiger partial charge in [-0.2, -0.15) is 0 Å². The van der Waals surface area contributed by atoms with Gasteiger partial charge in [0.15, 0.2) is 0 Å². The molecule has 1 unspecified atom stereocenters. The average Bonchev–Trinajstić information content (AvgIpc) is 3.28. The van der Waals surface area contributed by atoms with Gasteiger partial charge in [0, 0.05) is 25.1 Å². The number of nitrogens with zero attached hydrogens (tertiary/aromatic N) is 1. The SMILES string of the molecule is CC(C)(C)c1ccc(C(=O)NCCC(=O)NCC(c2ccco2)N2CCCCC2)cc1. The second-order valence-corrected chi connectivity index (χ2v) is 9.27. The van der Waals surface area contributed by atoms with Crippen molar-refractivity contribution >= 4 is 11.8 Å². The van der Waals surface area contributed by atoms with E-state index >= 15 is 0 Å². The van der Waals surface area contributed by atoms with Gasteiger partial charge in [0.2, 0.25) is 5.91 Å². The number of amides is 2. The highest BCUT2D eigenvalue weighted by Crippen LogP contribution is 2.24. The van der Waals surface area contributed by atoms with Crippen LogP contribution in [0.1, 0.15) is 74.2 Å². The summed E-state index contributed by atoms with van der Waals surface area (Å²) in [5.41, 5.74) is 1.84. The van der Waals surface area contributed by atoms with Crippen LogP contribution in [-0.4, -0.2) is 42.9 Å². The zero-order valence-electron chi connectivity index (χ0n) is 18.9. The Balaban J connectivity index is 1.44. The molecule has 2 N–H and O–H groups in total. The third kappa shape index (κ3) is 6.69. The van der Waals surface area contributed by atoms with Gasteiger partial charge < -0.3 is 15.1 Å². The maximum absolute atomic E-state index is 12.4. The minimum Gasteiger partial charge on any atom is -0.468 e. The molecule has 0 spiro atoms. The van der Waals surface area contributed by atoms with Crippen molar-refractivity contribution in [3.05, 3.63) is 59.5 Å². The van der Waals surface area contributed by atoms with Crippen LogP contribution in [0.2, 0.25) is 0 Å². The number of rotatable bonds is 8. The predicted molar refractivity (Wildman–Crippen MR) is 122 cm³/mol. The standard InChI is InChI=1S/C25H35N3O3/c1-25(2,3)20-11-9-19(10-12-20)24(30)26-14-13-23(29)27-18-21(22-8-7-17-31-22)28-15-5-4-6-16-28/h7-12,17,21H,4-6,13-16,18H2,1-3H3,(H,26,30)(H,27,29). The van der Waals surface area contributed by atoms with E-state index in [0.717, 1.165) is 18.8 Å². The first kappa shape index (κ1) is 23.1. The van der Waals surface area contributed by atoms with Crippen molar-refractivity contribution in [2.75, 3.05) is 26.2 Å². The summed E-state index contributed by atoms with van der Waals surface area (Å²) in [5, 5.41) is 5.85. The molecule has 0 bridgehead atoms. The van der Waals surface area contributed by atoms with E-state index in [4.69, 9.17) is 4.42 Å². The first-order valence-electron chi connectivity index (χ1n) is 11.3. The number of hydrogen-bond donors (Lipinski definition) is 2. The topological polar surface area (TPSA) is 74.6 Å². The first-order valence-corrected chi connectivity index (χ1v) is 11.3. The summed E-state index contributed by atoms with van der Waals surface area (Å²) in [7, 11) is 0. The van der Waals surface area contributed by atoms with Crippen LogP contribution in [0.15, 0.2) is 47.1 Å². The molecule has 1 atom stereocenters. The minimum absolute atomic E-state index is 0.0504. The maximum Gasteiger partial charge on any atom is 0.251 e. The molecule has 2 heterocycles. The number of carbonyl (C=O) groups is 2. The third-order valence-corrected chi connectivity index (χ3v) is 5.85. The summed E-state index contributed by atoms with van der Waals surface area (Å²) >= 11 is 0. The van der Waals surface area contributed by atoms with Crippen molar-refractivity contribution in [3.63, 3.8) is 0 Å². The Morgan fingerprint density at radius 2 is 1.74 bits per heavy atom. The second-order valence-electron chi connectivity index (χ2n) is 9.27. The molecule has 0 radical (unpaired) electrons. The van der Waals surface area contributed by atoms with E-state index in [0.29, 0.717) is 18.7 Å². The van der Waals surface area contributed by atoms with Crippen LogP contribution in [0.5, 0.6) is 0 Å². The molecule has 1 aromatic carbocycles. The van der Waals surface area contributed by atoms with E-state index in [9.17, 15) is 9.59 Å². The molecule has 168 valence electrons. The number of hydrogen-bond acceptors (Lipinski definition) is 4. The van der Waals surface area contributed by atoms with E-state index in [1.165, 1.54) is 24.8 Å². The van der Waals surface area contributed by atoms with Crippen LogP contribution in [0.25, 0.3) is 0 Å². The van der Waals surface area contributed by atoms with Crippen molar-refractivity contribution in [2.24, 2.45) is 0 Å². The smallest absolute Gasteiger partial charge is 0.251 e. The quantitative estimate of drug-likeness (QED) is 0.669. The fourth-order valence-corrected chi connectivity index (χ4v) is 3.93. The van der Waals surface area contributed by atoms with Gasteiger partial charge in [0.05, 0.1) is 12.3 Å². The normalized spacial score (nSPS) is 16.0. The van der Waals surface area contributed by atoms with Gasteiger partial charge in [-0.1, -0.05) is 39.3 Å². The number of furan rings is 1. The Morgan fingerprint density at radius 3 is 2.35 bits per heavy atom. The van der Waals surface area contributed by atoms with Gasteiger partial charge in [-0.25, -0.2) is 0 Å². The molecule has 0 aliphatic carbocycles. The first-order chi connectivity index (χ1) is 14.8. The molecule has 1 aliphatic heterocycles. The monoisotopic (exact) mass is 425 g/mol. The molecule has 2 amide bonds. The zero-order valence-corrected chi connectivity index (χ0v) is 18.9. The molecule has 3 rings (SSSR count). The Bertz CT molecular complexity index is 832. The molecule has 1 saturated heterocycles. The average molecular weight is 426 g/mol. The van der Waals surface area contributed by atoms with Gasteiger partial charge >= 0.3 is 0 Å². The molecule has 6 nitrogen and oxygen atoms in total. The highest BCUT2D eigenvalue weighted by atomic mass is 16.3. The lowest BCUT2D eigenvalue weighted by molar-refractivity contribution is -0.121. The highest BCUT2D eigenvalue weighted by molar-refractivity contribution is 5.94. The minimum atomic E-state index is -0.157. The highest BCUT2D eigenvalue weighted by Gasteiger charge is 2.24. The molecular formula is C25H35N3O3. The van der Waals surface area contributed by atoms with Gasteiger partial charge in [0.1, 0.15) is 5.76 Å². The van der Waals surface area contributed by atoms with Crippen LogP contribution in [0.3, 0.4) is 0 Å². The van der Waals surface area contributed by atoms with Gasteiger partial charge in [-0.05, 0) is 61.2 Å². The molecule has 6 heteroatoms. The van der Waals surface area contributed by atoms with Crippen molar-refractivity contribution in [1.29, 1.82) is 0 Å². The zero-order chi connectivity index (χ0) is 22.3. The molecule has 1 fully saturated rings. The fraction of sp³-hybridized carbons (Fsp3) is 0.520. The van der Waals surface area contributed by atoms with Crippen molar-refractivity contribution < 1.29 is 14.0 Å². The summed E-state index contributed by atoms with van der Waals surface area (Å²) in [6.45, 7) is 9.28. The number of likely N-dealkylation sites (tertiary alicyclic amines) is 1. The number of benzene rings is 1. The summed E-state index contributed by atoms with van der Waals surface area (Å²) in [4.78, 5) is 27.1. The summed E-state index contributed by atoms with van der Waals surface area (Å²) in [6.07, 6.45) is 5.53. The summed E-state index contributed by atoms with van der Waals surface area (Å²) in [6, 6.07) is 11.5. The lowest BCUT2D eigenvalue weighted by atomic mass is 9.87. The number of carbonyl (C=O) groups excluding carboxylic acids is 2. The lowest BCUT2D eigenvalue weighted by Crippen LogP contribution is -2.41. The largest absolute Gasteiger partial charge is 0.468 e. The van der Waals surface area contributed by atoms with Crippen molar-refractivity contribution in [3.8, 4) is 0 Å². The molecular weight excluding hydrogens is 390 g/mol. The van der Waals surface area contributed by atoms with Gasteiger partial charge in [0.25, 0.3) is 5.91 Å². The third-order valence-electron chi connectivity index (χ3n) is 5.85. The van der Waals surface area contributed by atoms with Crippen molar-refractivity contribution in [1.82, 2.24) is 15.5 Å². The van der Waals surface area contributed by atoms with Gasteiger partial charge in [-0.15, -0.1) is 0 Å². The van der Waals surface area contributed by atoms with Crippen LogP contribution < -0.4 is 10.6 Å². The maximum atomic E-state index is 12.4. The Labute approximate surface area is 185 Å². The van der Waals surface area contributed by atoms with E-state index in [1.807, 2.05) is 36.4 Å². The van der Waals surface area contributed by atoms with E-state index < -0.39 is 0 Å². The Morgan fingerprint density at radius 1 is 1.03 bits per heavy atom. The van der Waals surface area contributed by atoms with E-state index in [-0.39, 0.29) is 29.7 Å². The molecule has 0 saturated carbocycles. The lowest BCUT2D eigenvalue weighted by Gasteiger charge is -2.33. The van der Waals surface area contributed by atoms with Crippen molar-refractivity contribution in [2.45, 2.75) is 57.9 Å². The van der Waals surface area contributed by atoms with Crippen LogP contribution >= 0.6 is 0 Å². The molecule has 1 aliphatic rings. The second kappa shape index (κ2) is 10.6. The van der Waals surface area contributed by atoms with E-state index in [2.05, 4.69) is 36.3 Å². The Hall–Kier alpha value is -2.60. The number of piperidine rings is 1. The van der Waals surface area contributed by atoms with E-state index in [1.54, 1.807) is 6.26 Å². The van der Waals surface area contributed by atoms with Crippen LogP contribution in [0.4, 0.5) is 0 Å². The van der Waals surface area contributed by atoms with Crippen LogP contribution in [0, 0.1) is 0 Å². The molecule has 31 heavy (non-hydrogen) atoms. The molecule has 2 aromatic rings. The van der Waals surface area contributed by atoms with Gasteiger partial charge in [-0.3, -0.25) is 14.5 Å². The Kier molecular flexibility index (Phi) is 7.91. The summed E-state index contributed by atoms with van der Waals surface area (Å²) in [5.74, 6) is 0.654.